The lowest BCUT2D eigenvalue weighted by molar-refractivity contribution is 0.632. The first-order valence-electron chi connectivity index (χ1n) is 26.6. The summed E-state index contributed by atoms with van der Waals surface area (Å²) >= 11 is 0. The van der Waals surface area contributed by atoms with Gasteiger partial charge in [-0.3, -0.25) is 0 Å². The number of anilines is 6. The Morgan fingerprint density at radius 1 is 0.267 bits per heavy atom. The van der Waals surface area contributed by atoms with Crippen LogP contribution >= 0.6 is 0 Å². The molecule has 0 N–H and O–H groups in total. The molecule has 2 heteroatoms. The van der Waals surface area contributed by atoms with Crippen LogP contribution in [0.3, 0.4) is 0 Å². The lowest BCUT2D eigenvalue weighted by Crippen LogP contribution is -2.30. The third kappa shape index (κ3) is 5.86. The molecule has 75 heavy (non-hydrogen) atoms. The van der Waals surface area contributed by atoms with Gasteiger partial charge in [0.15, 0.2) is 0 Å². The van der Waals surface area contributed by atoms with Crippen molar-refractivity contribution in [2.75, 3.05) is 9.80 Å². The summed E-state index contributed by atoms with van der Waals surface area (Å²) in [4.78, 5) is 5.04. The Morgan fingerprint density at radius 2 is 0.613 bits per heavy atom. The molecule has 0 spiro atoms. The largest absolute Gasteiger partial charge is 0.310 e. The minimum Gasteiger partial charge on any atom is -0.310 e. The molecule has 0 atom stereocenters. The molecule has 358 valence electrons. The molecular formula is C73H56N2. The molecule has 0 saturated heterocycles. The van der Waals surface area contributed by atoms with Gasteiger partial charge in [0.05, 0.1) is 22.7 Å². The Morgan fingerprint density at radius 3 is 1.11 bits per heavy atom. The number of fused-ring (bicyclic) bond motifs is 12. The van der Waals surface area contributed by atoms with Crippen molar-refractivity contribution >= 4 is 61.2 Å². The Labute approximate surface area is 440 Å². The van der Waals surface area contributed by atoms with E-state index in [9.17, 15) is 0 Å². The van der Waals surface area contributed by atoms with E-state index in [-0.39, 0.29) is 16.2 Å². The molecule has 11 aromatic rings. The minimum atomic E-state index is -0.184. The lowest BCUT2D eigenvalue weighted by Gasteiger charge is -2.42. The van der Waals surface area contributed by atoms with E-state index >= 15 is 0 Å². The highest BCUT2D eigenvalue weighted by molar-refractivity contribution is 6.26. The van der Waals surface area contributed by atoms with Gasteiger partial charge in [0.2, 0.25) is 0 Å². The second-order valence-electron chi connectivity index (χ2n) is 22.9. The number of hydrogen-bond donors (Lipinski definition) is 0. The molecule has 0 unspecified atom stereocenters. The molecule has 2 aliphatic heterocycles. The predicted molar refractivity (Wildman–Crippen MR) is 317 cm³/mol. The summed E-state index contributed by atoms with van der Waals surface area (Å²) < 4.78 is 0. The standard InChI is InChI=1S/C73H56N2/c1-44-47-22-8-9-23-49(47)67-48(44)25-20-26-53(67)68-50-40-38-46(75-65-36-18-14-31-60(65)73(6,7)61-32-15-19-37-66(61)75)43-56(50)69(54-27-21-33-62-70(54)52-24-10-11-28-57(52)71(62,2)3)51-41-39-45(42-55(51)68)74-63-34-16-12-29-58(63)72(4,5)59-30-13-17-35-64(59)74/h8-43H,1H2,2-7H3. The maximum absolute atomic E-state index is 4.74. The number of para-hydroxylation sites is 4. The van der Waals surface area contributed by atoms with Gasteiger partial charge < -0.3 is 9.80 Å². The Hall–Kier alpha value is -8.72. The fraction of sp³-hybridized carbons (Fsp3) is 0.123. The smallest absolute Gasteiger partial charge is 0.0502 e. The average molecular weight is 961 g/mol. The van der Waals surface area contributed by atoms with Crippen LogP contribution in [0.4, 0.5) is 34.1 Å². The van der Waals surface area contributed by atoms with Crippen molar-refractivity contribution in [1.29, 1.82) is 0 Å². The highest BCUT2D eigenvalue weighted by Crippen LogP contribution is 2.59. The molecule has 4 aliphatic rings. The third-order valence-electron chi connectivity index (χ3n) is 17.9. The Kier molecular flexibility index (Phi) is 9.01. The van der Waals surface area contributed by atoms with Crippen molar-refractivity contribution in [3.8, 4) is 44.5 Å². The lowest BCUT2D eigenvalue weighted by atomic mass is 9.73. The summed E-state index contributed by atoms with van der Waals surface area (Å²) in [6.45, 7) is 19.0. The molecule has 0 aromatic heterocycles. The topological polar surface area (TPSA) is 6.48 Å². The Bertz CT molecular complexity index is 4210. The van der Waals surface area contributed by atoms with Crippen LogP contribution in [0.5, 0.6) is 0 Å². The van der Waals surface area contributed by atoms with Crippen molar-refractivity contribution in [2.24, 2.45) is 0 Å². The monoisotopic (exact) mass is 960 g/mol. The van der Waals surface area contributed by atoms with Crippen molar-refractivity contribution in [3.05, 3.63) is 269 Å². The van der Waals surface area contributed by atoms with Crippen LogP contribution in [0.1, 0.15) is 86.1 Å². The number of nitrogens with zero attached hydrogens (tertiary/aromatic N) is 2. The first-order chi connectivity index (χ1) is 36.4. The SMILES string of the molecule is C=C1c2ccccc2-c2c1cccc2-c1c2cc(N3c4ccccc4C(C)(C)c4ccccc43)ccc2c(-c2cccc3c2-c2ccccc2C3(C)C)c2cc(N3c4ccccc4C(C)(C)c4ccccc43)ccc12. The minimum absolute atomic E-state index is 0.178. The van der Waals surface area contributed by atoms with Gasteiger partial charge in [0.1, 0.15) is 0 Å². The van der Waals surface area contributed by atoms with Crippen LogP contribution in [0.25, 0.3) is 71.6 Å². The quantitative estimate of drug-likeness (QED) is 0.162. The summed E-state index contributed by atoms with van der Waals surface area (Å²) in [7, 11) is 0. The van der Waals surface area contributed by atoms with Gasteiger partial charge in [-0.1, -0.05) is 218 Å². The van der Waals surface area contributed by atoms with E-state index in [1.165, 1.54) is 133 Å². The fourth-order valence-electron chi connectivity index (χ4n) is 14.3. The van der Waals surface area contributed by atoms with Crippen molar-refractivity contribution in [3.63, 3.8) is 0 Å². The van der Waals surface area contributed by atoms with Crippen LogP contribution in [0, 0.1) is 0 Å². The van der Waals surface area contributed by atoms with Crippen molar-refractivity contribution in [1.82, 2.24) is 0 Å². The van der Waals surface area contributed by atoms with Gasteiger partial charge in [0, 0.05) is 27.6 Å². The van der Waals surface area contributed by atoms with E-state index in [1.807, 2.05) is 0 Å². The zero-order valence-electron chi connectivity index (χ0n) is 43.4. The molecular weight excluding hydrogens is 905 g/mol. The molecule has 15 rings (SSSR count). The molecule has 0 radical (unpaired) electrons. The number of rotatable bonds is 4. The summed E-state index contributed by atoms with van der Waals surface area (Å²) in [5, 5.41) is 4.86. The number of benzene rings is 11. The van der Waals surface area contributed by atoms with Gasteiger partial charge >= 0.3 is 0 Å². The molecule has 0 bridgehead atoms. The van der Waals surface area contributed by atoms with Gasteiger partial charge in [-0.2, -0.15) is 0 Å². The first kappa shape index (κ1) is 43.8. The van der Waals surface area contributed by atoms with E-state index in [0.29, 0.717) is 0 Å². The molecule has 0 amide bonds. The molecule has 0 fully saturated rings. The zero-order chi connectivity index (χ0) is 50.7. The number of hydrogen-bond acceptors (Lipinski definition) is 2. The summed E-state index contributed by atoms with van der Waals surface area (Å²) in [6.07, 6.45) is 0. The Balaban J connectivity index is 1.11. The second kappa shape index (κ2) is 15.4. The van der Waals surface area contributed by atoms with E-state index in [0.717, 1.165) is 16.9 Å². The summed E-state index contributed by atoms with van der Waals surface area (Å²) in [6, 6.07) is 82.7. The van der Waals surface area contributed by atoms with Gasteiger partial charge in [0.25, 0.3) is 0 Å². The van der Waals surface area contributed by atoms with Crippen LogP contribution < -0.4 is 9.80 Å². The van der Waals surface area contributed by atoms with Gasteiger partial charge in [-0.15, -0.1) is 0 Å². The van der Waals surface area contributed by atoms with Gasteiger partial charge in [-0.25, -0.2) is 0 Å². The van der Waals surface area contributed by atoms with Crippen LogP contribution in [-0.4, -0.2) is 0 Å². The second-order valence-corrected chi connectivity index (χ2v) is 22.9. The van der Waals surface area contributed by atoms with Crippen molar-refractivity contribution < 1.29 is 0 Å². The molecule has 2 nitrogen and oxygen atoms in total. The highest BCUT2D eigenvalue weighted by Gasteiger charge is 2.41. The first-order valence-corrected chi connectivity index (χ1v) is 26.6. The van der Waals surface area contributed by atoms with Crippen LogP contribution in [-0.2, 0) is 16.2 Å². The maximum atomic E-state index is 4.74. The van der Waals surface area contributed by atoms with E-state index < -0.39 is 0 Å². The van der Waals surface area contributed by atoms with Gasteiger partial charge in [-0.05, 0) is 165 Å². The summed E-state index contributed by atoms with van der Waals surface area (Å²) in [5.41, 5.74) is 28.1. The van der Waals surface area contributed by atoms with Crippen LogP contribution in [0.2, 0.25) is 0 Å². The normalized spacial score (nSPS) is 15.6. The maximum Gasteiger partial charge on any atom is 0.0502 e. The zero-order valence-corrected chi connectivity index (χ0v) is 43.4. The van der Waals surface area contributed by atoms with Crippen molar-refractivity contribution in [2.45, 2.75) is 57.8 Å². The predicted octanol–water partition coefficient (Wildman–Crippen LogP) is 19.9. The molecule has 0 saturated carbocycles. The van der Waals surface area contributed by atoms with Crippen LogP contribution in [0.15, 0.2) is 225 Å². The molecule has 2 heterocycles. The third-order valence-corrected chi connectivity index (χ3v) is 17.9. The van der Waals surface area contributed by atoms with E-state index in [2.05, 4.69) is 270 Å². The highest BCUT2D eigenvalue weighted by atomic mass is 15.2. The van der Waals surface area contributed by atoms with E-state index in [1.54, 1.807) is 0 Å². The average Bonchev–Trinajstić information content (AvgIpc) is 3.87. The molecule has 2 aliphatic carbocycles. The fourth-order valence-corrected chi connectivity index (χ4v) is 14.3. The molecule has 11 aromatic carbocycles. The summed E-state index contributed by atoms with van der Waals surface area (Å²) in [5.74, 6) is 0. The van der Waals surface area contributed by atoms with E-state index in [4.69, 9.17) is 6.58 Å².